The SMILES string of the molecule is COc1cccc(C(=O)n2nc(Nc3ccc4c(c3)OCCO4)nc2N)c1. The molecule has 0 saturated heterocycles. The van der Waals surface area contributed by atoms with E-state index in [2.05, 4.69) is 15.4 Å². The first-order valence-electron chi connectivity index (χ1n) is 8.22. The maximum atomic E-state index is 12.7. The maximum absolute atomic E-state index is 12.7. The van der Waals surface area contributed by atoms with Crippen LogP contribution in [0.15, 0.2) is 42.5 Å². The summed E-state index contributed by atoms with van der Waals surface area (Å²) in [5.74, 6) is 1.63. The van der Waals surface area contributed by atoms with Crippen LogP contribution in [0.5, 0.6) is 17.2 Å². The lowest BCUT2D eigenvalue weighted by Crippen LogP contribution is -2.16. The zero-order valence-corrected chi connectivity index (χ0v) is 14.5. The minimum absolute atomic E-state index is 0.0251. The van der Waals surface area contributed by atoms with Gasteiger partial charge in [0.05, 0.1) is 7.11 Å². The molecule has 0 aliphatic carbocycles. The number of aromatic nitrogens is 3. The van der Waals surface area contributed by atoms with Crippen LogP contribution in [0.3, 0.4) is 0 Å². The Morgan fingerprint density at radius 2 is 2.00 bits per heavy atom. The molecule has 2 heterocycles. The van der Waals surface area contributed by atoms with Gasteiger partial charge in [0.25, 0.3) is 5.91 Å². The molecule has 9 heteroatoms. The van der Waals surface area contributed by atoms with Crippen molar-refractivity contribution in [3.8, 4) is 17.2 Å². The first-order valence-corrected chi connectivity index (χ1v) is 8.22. The van der Waals surface area contributed by atoms with Crippen molar-refractivity contribution in [2.24, 2.45) is 0 Å². The summed E-state index contributed by atoms with van der Waals surface area (Å²) in [5, 5.41) is 7.16. The molecule has 2 aromatic carbocycles. The van der Waals surface area contributed by atoms with Crippen LogP contribution in [0.2, 0.25) is 0 Å². The number of anilines is 3. The van der Waals surface area contributed by atoms with Gasteiger partial charge in [-0.2, -0.15) is 9.67 Å². The second-order valence-corrected chi connectivity index (χ2v) is 5.73. The number of benzene rings is 2. The zero-order chi connectivity index (χ0) is 18.8. The molecule has 3 N–H and O–H groups in total. The number of carbonyl (C=O) groups excluding carboxylic acids is 1. The van der Waals surface area contributed by atoms with E-state index < -0.39 is 5.91 Å². The van der Waals surface area contributed by atoms with Crippen LogP contribution in [0, 0.1) is 0 Å². The monoisotopic (exact) mass is 367 g/mol. The fourth-order valence-electron chi connectivity index (χ4n) is 2.66. The minimum Gasteiger partial charge on any atom is -0.497 e. The summed E-state index contributed by atoms with van der Waals surface area (Å²) in [6.07, 6.45) is 0. The van der Waals surface area contributed by atoms with Gasteiger partial charge < -0.3 is 25.3 Å². The Kier molecular flexibility index (Phi) is 4.25. The number of fused-ring (bicyclic) bond motifs is 1. The highest BCUT2D eigenvalue weighted by Gasteiger charge is 2.17. The van der Waals surface area contributed by atoms with Crippen LogP contribution >= 0.6 is 0 Å². The van der Waals surface area contributed by atoms with Gasteiger partial charge in [0.15, 0.2) is 11.5 Å². The Morgan fingerprint density at radius 1 is 1.19 bits per heavy atom. The van der Waals surface area contributed by atoms with Crippen molar-refractivity contribution in [1.29, 1.82) is 0 Å². The maximum Gasteiger partial charge on any atom is 0.281 e. The second-order valence-electron chi connectivity index (χ2n) is 5.73. The highest BCUT2D eigenvalue weighted by Crippen LogP contribution is 2.33. The van der Waals surface area contributed by atoms with Crippen molar-refractivity contribution >= 4 is 23.5 Å². The highest BCUT2D eigenvalue weighted by atomic mass is 16.6. The number of nitrogen functional groups attached to an aromatic ring is 1. The summed E-state index contributed by atoms with van der Waals surface area (Å²) in [5.41, 5.74) is 6.94. The first kappa shape index (κ1) is 16.7. The molecule has 0 spiro atoms. The minimum atomic E-state index is -0.408. The summed E-state index contributed by atoms with van der Waals surface area (Å²) < 4.78 is 17.2. The smallest absolute Gasteiger partial charge is 0.281 e. The Morgan fingerprint density at radius 3 is 2.81 bits per heavy atom. The van der Waals surface area contributed by atoms with Gasteiger partial charge in [-0.1, -0.05) is 6.07 Å². The lowest BCUT2D eigenvalue weighted by Gasteiger charge is -2.18. The number of methoxy groups -OCH3 is 1. The molecule has 0 bridgehead atoms. The van der Waals surface area contributed by atoms with Crippen LogP contribution in [0.4, 0.5) is 17.6 Å². The number of carbonyl (C=O) groups is 1. The molecule has 9 nitrogen and oxygen atoms in total. The fourth-order valence-corrected chi connectivity index (χ4v) is 2.66. The van der Waals surface area contributed by atoms with Gasteiger partial charge in [0, 0.05) is 17.3 Å². The molecule has 1 aliphatic rings. The average Bonchev–Trinajstić information content (AvgIpc) is 3.07. The van der Waals surface area contributed by atoms with Crippen molar-refractivity contribution in [3.05, 3.63) is 48.0 Å². The van der Waals surface area contributed by atoms with E-state index in [1.807, 2.05) is 0 Å². The Hall–Kier alpha value is -3.75. The Balaban J connectivity index is 1.57. The second kappa shape index (κ2) is 6.87. The molecule has 0 atom stereocenters. The molecule has 0 amide bonds. The summed E-state index contributed by atoms with van der Waals surface area (Å²) >= 11 is 0. The lowest BCUT2D eigenvalue weighted by atomic mass is 10.2. The van der Waals surface area contributed by atoms with Crippen LogP contribution in [0.25, 0.3) is 0 Å². The summed E-state index contributed by atoms with van der Waals surface area (Å²) in [6.45, 7) is 1.01. The molecule has 0 unspecified atom stereocenters. The molecule has 1 aliphatic heterocycles. The number of nitrogens with zero attached hydrogens (tertiary/aromatic N) is 3. The van der Waals surface area contributed by atoms with Gasteiger partial charge in [-0.25, -0.2) is 0 Å². The van der Waals surface area contributed by atoms with E-state index >= 15 is 0 Å². The van der Waals surface area contributed by atoms with E-state index in [0.717, 1.165) is 4.68 Å². The largest absolute Gasteiger partial charge is 0.497 e. The van der Waals surface area contributed by atoms with E-state index in [1.165, 1.54) is 7.11 Å². The Bertz CT molecular complexity index is 1000. The van der Waals surface area contributed by atoms with Gasteiger partial charge >= 0.3 is 0 Å². The average molecular weight is 367 g/mol. The van der Waals surface area contributed by atoms with Crippen molar-refractivity contribution in [1.82, 2.24) is 14.8 Å². The van der Waals surface area contributed by atoms with Gasteiger partial charge in [-0.3, -0.25) is 4.79 Å². The molecule has 138 valence electrons. The van der Waals surface area contributed by atoms with E-state index in [-0.39, 0.29) is 11.9 Å². The zero-order valence-electron chi connectivity index (χ0n) is 14.5. The van der Waals surface area contributed by atoms with Crippen LogP contribution in [0.1, 0.15) is 10.4 Å². The molecule has 3 aromatic rings. The normalized spacial score (nSPS) is 12.5. The van der Waals surface area contributed by atoms with Gasteiger partial charge in [-0.15, -0.1) is 5.10 Å². The van der Waals surface area contributed by atoms with Crippen molar-refractivity contribution in [2.75, 3.05) is 31.4 Å². The third-order valence-corrected chi connectivity index (χ3v) is 3.94. The number of hydrogen-bond donors (Lipinski definition) is 2. The van der Waals surface area contributed by atoms with E-state index in [9.17, 15) is 4.79 Å². The topological polar surface area (TPSA) is 114 Å². The Labute approximate surface area is 154 Å². The summed E-state index contributed by atoms with van der Waals surface area (Å²) in [6, 6.07) is 12.1. The van der Waals surface area contributed by atoms with E-state index in [0.29, 0.717) is 41.7 Å². The quantitative estimate of drug-likeness (QED) is 0.720. The fraction of sp³-hybridized carbons (Fsp3) is 0.167. The van der Waals surface area contributed by atoms with Gasteiger partial charge in [0.2, 0.25) is 11.9 Å². The summed E-state index contributed by atoms with van der Waals surface area (Å²) in [4.78, 5) is 16.8. The number of nitrogens with two attached hydrogens (primary N) is 1. The predicted molar refractivity (Wildman–Crippen MR) is 97.9 cm³/mol. The van der Waals surface area contributed by atoms with Crippen LogP contribution in [-0.2, 0) is 0 Å². The number of hydrogen-bond acceptors (Lipinski definition) is 8. The van der Waals surface area contributed by atoms with Crippen LogP contribution < -0.4 is 25.3 Å². The molecular formula is C18H17N5O4. The van der Waals surface area contributed by atoms with Gasteiger partial charge in [0.1, 0.15) is 19.0 Å². The highest BCUT2D eigenvalue weighted by molar-refractivity contribution is 5.97. The number of rotatable bonds is 4. The van der Waals surface area contributed by atoms with Gasteiger partial charge in [-0.05, 0) is 30.3 Å². The first-order chi connectivity index (χ1) is 13.1. The van der Waals surface area contributed by atoms with Crippen molar-refractivity contribution in [3.63, 3.8) is 0 Å². The lowest BCUT2D eigenvalue weighted by molar-refractivity contribution is 0.0947. The van der Waals surface area contributed by atoms with Crippen molar-refractivity contribution < 1.29 is 19.0 Å². The molecule has 0 saturated carbocycles. The molecular weight excluding hydrogens is 350 g/mol. The standard InChI is InChI=1S/C18H17N5O4/c1-25-13-4-2-3-11(9-13)16(24)23-17(19)21-18(22-23)20-12-5-6-14-15(10-12)27-8-7-26-14/h2-6,9-10H,7-8H2,1H3,(H3,19,20,21,22). The molecule has 27 heavy (non-hydrogen) atoms. The molecule has 0 radical (unpaired) electrons. The van der Waals surface area contributed by atoms with E-state index in [1.54, 1.807) is 42.5 Å². The summed E-state index contributed by atoms with van der Waals surface area (Å²) in [7, 11) is 1.53. The number of ether oxygens (including phenoxy) is 3. The molecule has 0 fully saturated rings. The van der Waals surface area contributed by atoms with Crippen molar-refractivity contribution in [2.45, 2.75) is 0 Å². The predicted octanol–water partition coefficient (Wildman–Crippen LogP) is 2.07. The third kappa shape index (κ3) is 3.34. The molecule has 1 aromatic heterocycles. The van der Waals surface area contributed by atoms with Crippen LogP contribution in [-0.4, -0.2) is 41.0 Å². The third-order valence-electron chi connectivity index (χ3n) is 3.94. The number of nitrogens with one attached hydrogen (secondary N) is 1. The van der Waals surface area contributed by atoms with E-state index in [4.69, 9.17) is 19.9 Å². The molecule has 4 rings (SSSR count).